The Morgan fingerprint density at radius 1 is 1.07 bits per heavy atom. The molecule has 0 saturated carbocycles. The Balaban J connectivity index is 1.62. The van der Waals surface area contributed by atoms with Gasteiger partial charge in [-0.3, -0.25) is 4.79 Å². The van der Waals surface area contributed by atoms with Crippen LogP contribution in [0, 0.1) is 5.92 Å². The maximum atomic E-state index is 13.1. The average molecular weight is 400 g/mol. The van der Waals surface area contributed by atoms with Gasteiger partial charge >= 0.3 is 6.18 Å². The summed E-state index contributed by atoms with van der Waals surface area (Å²) in [5, 5.41) is 0. The van der Waals surface area contributed by atoms with Gasteiger partial charge in [0.25, 0.3) is 5.91 Å². The van der Waals surface area contributed by atoms with Crippen molar-refractivity contribution < 1.29 is 22.4 Å². The van der Waals surface area contributed by atoms with E-state index in [1.54, 1.807) is 30.5 Å². The molecule has 1 amide bonds. The maximum Gasteiger partial charge on any atom is 0.393 e. The molecule has 29 heavy (non-hydrogen) atoms. The molecule has 4 nitrogen and oxygen atoms in total. The van der Waals surface area contributed by atoms with Crippen molar-refractivity contribution in [2.24, 2.45) is 5.92 Å². The van der Waals surface area contributed by atoms with Crippen molar-refractivity contribution in [2.45, 2.75) is 19.0 Å². The van der Waals surface area contributed by atoms with E-state index in [0.717, 1.165) is 5.56 Å². The quantitative estimate of drug-likeness (QED) is 0.590. The number of amides is 1. The lowest BCUT2D eigenvalue weighted by molar-refractivity contribution is -0.184. The van der Waals surface area contributed by atoms with Crippen LogP contribution in [0.25, 0.3) is 22.8 Å². The molecule has 150 valence electrons. The summed E-state index contributed by atoms with van der Waals surface area (Å²) in [6.07, 6.45) is -2.34. The number of carbonyl (C=O) groups excluding carboxylic acids is 1. The van der Waals surface area contributed by atoms with Crippen molar-refractivity contribution in [3.63, 3.8) is 0 Å². The zero-order valence-corrected chi connectivity index (χ0v) is 15.5. The van der Waals surface area contributed by atoms with Crippen molar-refractivity contribution >= 4 is 5.91 Å². The number of halogens is 3. The molecule has 1 aromatic heterocycles. The fourth-order valence-electron chi connectivity index (χ4n) is 3.59. The van der Waals surface area contributed by atoms with Crippen molar-refractivity contribution in [3.8, 4) is 22.8 Å². The zero-order valence-electron chi connectivity index (χ0n) is 15.5. The lowest BCUT2D eigenvalue weighted by Crippen LogP contribution is -2.44. The number of hydrogen-bond acceptors (Lipinski definition) is 3. The molecular weight excluding hydrogens is 381 g/mol. The number of hydrogen-bond donors (Lipinski definition) is 0. The van der Waals surface area contributed by atoms with Crippen LogP contribution in [0.15, 0.2) is 65.2 Å². The van der Waals surface area contributed by atoms with Gasteiger partial charge in [0.2, 0.25) is 5.89 Å². The van der Waals surface area contributed by atoms with E-state index >= 15 is 0 Å². The van der Waals surface area contributed by atoms with E-state index in [-0.39, 0.29) is 24.4 Å². The summed E-state index contributed by atoms with van der Waals surface area (Å²) in [4.78, 5) is 18.6. The van der Waals surface area contributed by atoms with Gasteiger partial charge < -0.3 is 9.32 Å². The predicted molar refractivity (Wildman–Crippen MR) is 102 cm³/mol. The van der Waals surface area contributed by atoms with Gasteiger partial charge in [-0.25, -0.2) is 4.98 Å². The number of carbonyl (C=O) groups is 1. The Labute approximate surface area is 166 Å². The monoisotopic (exact) mass is 400 g/mol. The third-order valence-corrected chi connectivity index (χ3v) is 5.12. The molecule has 2 aromatic carbocycles. The molecule has 0 bridgehead atoms. The Kier molecular flexibility index (Phi) is 5.13. The SMILES string of the molecule is O=C(c1ccccc1-c1ncc(-c2ccccc2)o1)N1CCCC(C(F)(F)F)C1. The minimum absolute atomic E-state index is 0.0507. The normalized spacial score (nSPS) is 17.3. The highest BCUT2D eigenvalue weighted by Crippen LogP contribution is 2.34. The summed E-state index contributed by atoms with van der Waals surface area (Å²) >= 11 is 0. The molecule has 1 unspecified atom stereocenters. The number of piperidine rings is 1. The van der Waals surface area contributed by atoms with E-state index in [4.69, 9.17) is 4.42 Å². The molecule has 1 aliphatic rings. The van der Waals surface area contributed by atoms with Crippen molar-refractivity contribution in [2.75, 3.05) is 13.1 Å². The van der Waals surface area contributed by atoms with Crippen LogP contribution in [0.4, 0.5) is 13.2 Å². The molecule has 4 rings (SSSR count). The molecule has 0 spiro atoms. The summed E-state index contributed by atoms with van der Waals surface area (Å²) in [5.41, 5.74) is 1.60. The minimum atomic E-state index is -4.30. The first kappa shape index (κ1) is 19.2. The van der Waals surface area contributed by atoms with E-state index < -0.39 is 18.0 Å². The first-order chi connectivity index (χ1) is 13.9. The van der Waals surface area contributed by atoms with Crippen LogP contribution >= 0.6 is 0 Å². The molecule has 1 saturated heterocycles. The van der Waals surface area contributed by atoms with Crippen LogP contribution in [-0.2, 0) is 0 Å². The molecule has 1 aliphatic heterocycles. The van der Waals surface area contributed by atoms with Crippen LogP contribution in [-0.4, -0.2) is 35.1 Å². The second-order valence-electron chi connectivity index (χ2n) is 7.07. The summed E-state index contributed by atoms with van der Waals surface area (Å²) < 4.78 is 45.2. The van der Waals surface area contributed by atoms with Gasteiger partial charge in [0.1, 0.15) is 0 Å². The smallest absolute Gasteiger partial charge is 0.393 e. The molecule has 0 aliphatic carbocycles. The van der Waals surface area contributed by atoms with Crippen LogP contribution < -0.4 is 0 Å². The average Bonchev–Trinajstić information content (AvgIpc) is 3.23. The van der Waals surface area contributed by atoms with Crippen molar-refractivity contribution in [1.82, 2.24) is 9.88 Å². The number of aromatic nitrogens is 1. The maximum absolute atomic E-state index is 13.1. The summed E-state index contributed by atoms with van der Waals surface area (Å²) in [6.45, 7) is -0.0158. The molecule has 0 N–H and O–H groups in total. The summed E-state index contributed by atoms with van der Waals surface area (Å²) in [7, 11) is 0. The van der Waals surface area contributed by atoms with Crippen LogP contribution in [0.5, 0.6) is 0 Å². The van der Waals surface area contributed by atoms with E-state index in [2.05, 4.69) is 4.98 Å². The fourth-order valence-corrected chi connectivity index (χ4v) is 3.59. The Morgan fingerprint density at radius 3 is 2.55 bits per heavy atom. The molecule has 3 aromatic rings. The number of benzene rings is 2. The lowest BCUT2D eigenvalue weighted by Gasteiger charge is -2.34. The van der Waals surface area contributed by atoms with E-state index in [0.29, 0.717) is 24.3 Å². The van der Waals surface area contributed by atoms with E-state index in [1.807, 2.05) is 30.3 Å². The van der Waals surface area contributed by atoms with Gasteiger partial charge in [0, 0.05) is 24.2 Å². The highest BCUT2D eigenvalue weighted by molar-refractivity contribution is 6.00. The molecule has 1 atom stereocenters. The first-order valence-corrected chi connectivity index (χ1v) is 9.40. The second-order valence-corrected chi connectivity index (χ2v) is 7.07. The van der Waals surface area contributed by atoms with Crippen molar-refractivity contribution in [1.29, 1.82) is 0 Å². The van der Waals surface area contributed by atoms with Crippen LogP contribution in [0.1, 0.15) is 23.2 Å². The van der Waals surface area contributed by atoms with Gasteiger partial charge in [0.05, 0.1) is 17.7 Å². The highest BCUT2D eigenvalue weighted by atomic mass is 19.4. The van der Waals surface area contributed by atoms with Gasteiger partial charge in [-0.15, -0.1) is 0 Å². The van der Waals surface area contributed by atoms with Crippen LogP contribution in [0.3, 0.4) is 0 Å². The van der Waals surface area contributed by atoms with Crippen molar-refractivity contribution in [3.05, 3.63) is 66.4 Å². The van der Waals surface area contributed by atoms with E-state index in [1.165, 1.54) is 4.90 Å². The van der Waals surface area contributed by atoms with Gasteiger partial charge in [-0.1, -0.05) is 42.5 Å². The number of rotatable bonds is 3. The third-order valence-electron chi connectivity index (χ3n) is 5.12. The highest BCUT2D eigenvalue weighted by Gasteiger charge is 2.43. The van der Waals surface area contributed by atoms with Gasteiger partial charge in [-0.2, -0.15) is 13.2 Å². The number of nitrogens with zero attached hydrogens (tertiary/aromatic N) is 2. The predicted octanol–water partition coefficient (Wildman–Crippen LogP) is 5.42. The van der Waals surface area contributed by atoms with Gasteiger partial charge in [-0.05, 0) is 25.0 Å². The molecule has 1 fully saturated rings. The molecule has 0 radical (unpaired) electrons. The first-order valence-electron chi connectivity index (χ1n) is 9.40. The minimum Gasteiger partial charge on any atom is -0.436 e. The third kappa shape index (κ3) is 4.04. The van der Waals surface area contributed by atoms with E-state index in [9.17, 15) is 18.0 Å². The Hall–Kier alpha value is -3.09. The Bertz CT molecular complexity index is 999. The van der Waals surface area contributed by atoms with Gasteiger partial charge in [0.15, 0.2) is 5.76 Å². The Morgan fingerprint density at radius 2 is 1.79 bits per heavy atom. The lowest BCUT2D eigenvalue weighted by atomic mass is 9.96. The summed E-state index contributed by atoms with van der Waals surface area (Å²) in [5.74, 6) is -1.11. The zero-order chi connectivity index (χ0) is 20.4. The topological polar surface area (TPSA) is 46.3 Å². The standard InChI is InChI=1S/C22H19F3N2O2/c23-22(24,25)16-9-6-12-27(14-16)21(28)18-11-5-4-10-17(18)20-26-13-19(29-20)15-7-2-1-3-8-15/h1-5,7-8,10-11,13,16H,6,9,12,14H2. The molecular formula is C22H19F3N2O2. The second kappa shape index (κ2) is 7.73. The molecule has 7 heteroatoms. The largest absolute Gasteiger partial charge is 0.436 e. The number of likely N-dealkylation sites (tertiary alicyclic amines) is 1. The number of alkyl halides is 3. The van der Waals surface area contributed by atoms with Crippen LogP contribution in [0.2, 0.25) is 0 Å². The molecule has 2 heterocycles. The number of oxazole rings is 1. The fraction of sp³-hybridized carbons (Fsp3) is 0.273. The summed E-state index contributed by atoms with van der Waals surface area (Å²) in [6, 6.07) is 16.1.